The standard InChI is InChI=1S/C17H20BrNO3S/c1-3-21-14-6-5-12(9-15(14)22-4-2)7-8-19-17(20)13-10-16(18)23-11-13/h5-6,9-11H,3-4,7-8H2,1-2H3,(H,19,20). The molecule has 23 heavy (non-hydrogen) atoms. The van der Waals surface area contributed by atoms with Gasteiger partial charge in [-0.3, -0.25) is 4.79 Å². The molecule has 4 nitrogen and oxygen atoms in total. The minimum absolute atomic E-state index is 0.0529. The summed E-state index contributed by atoms with van der Waals surface area (Å²) in [4.78, 5) is 12.0. The molecule has 0 saturated heterocycles. The van der Waals surface area contributed by atoms with Crippen LogP contribution in [-0.4, -0.2) is 25.7 Å². The average molecular weight is 398 g/mol. The summed E-state index contributed by atoms with van der Waals surface area (Å²) in [6.07, 6.45) is 0.740. The third-order valence-electron chi connectivity index (χ3n) is 3.14. The molecule has 0 bridgehead atoms. The van der Waals surface area contributed by atoms with Crippen molar-refractivity contribution in [3.63, 3.8) is 0 Å². The summed E-state index contributed by atoms with van der Waals surface area (Å²) in [5.41, 5.74) is 1.78. The molecule has 0 fully saturated rings. The fraction of sp³-hybridized carbons (Fsp3) is 0.353. The van der Waals surface area contributed by atoms with E-state index >= 15 is 0 Å². The van der Waals surface area contributed by atoms with E-state index in [4.69, 9.17) is 9.47 Å². The highest BCUT2D eigenvalue weighted by Gasteiger charge is 2.09. The van der Waals surface area contributed by atoms with E-state index in [1.165, 1.54) is 11.3 Å². The van der Waals surface area contributed by atoms with Crippen molar-refractivity contribution in [2.75, 3.05) is 19.8 Å². The van der Waals surface area contributed by atoms with Crippen LogP contribution >= 0.6 is 27.3 Å². The molecule has 0 spiro atoms. The van der Waals surface area contributed by atoms with Gasteiger partial charge in [-0.2, -0.15) is 0 Å². The Morgan fingerprint density at radius 1 is 1.17 bits per heavy atom. The van der Waals surface area contributed by atoms with Crippen LogP contribution < -0.4 is 14.8 Å². The van der Waals surface area contributed by atoms with Gasteiger partial charge in [0.25, 0.3) is 5.91 Å². The van der Waals surface area contributed by atoms with Crippen molar-refractivity contribution >= 4 is 33.2 Å². The lowest BCUT2D eigenvalue weighted by Crippen LogP contribution is -2.25. The molecule has 2 aromatic rings. The van der Waals surface area contributed by atoms with Crippen molar-refractivity contribution in [3.8, 4) is 11.5 Å². The normalized spacial score (nSPS) is 10.4. The number of nitrogens with one attached hydrogen (secondary N) is 1. The predicted octanol–water partition coefficient (Wildman–Crippen LogP) is 4.28. The van der Waals surface area contributed by atoms with Crippen molar-refractivity contribution < 1.29 is 14.3 Å². The Morgan fingerprint density at radius 2 is 1.91 bits per heavy atom. The Bertz CT molecular complexity index is 657. The second-order valence-corrected chi connectivity index (χ2v) is 7.08. The molecule has 0 saturated carbocycles. The topological polar surface area (TPSA) is 47.6 Å². The van der Waals surface area contributed by atoms with Gasteiger partial charge >= 0.3 is 0 Å². The molecule has 1 aromatic heterocycles. The smallest absolute Gasteiger partial charge is 0.252 e. The number of hydrogen-bond donors (Lipinski definition) is 1. The number of hydrogen-bond acceptors (Lipinski definition) is 4. The van der Waals surface area contributed by atoms with Crippen molar-refractivity contribution in [1.29, 1.82) is 0 Å². The van der Waals surface area contributed by atoms with Gasteiger partial charge in [-0.15, -0.1) is 11.3 Å². The second-order valence-electron chi connectivity index (χ2n) is 4.79. The molecule has 1 heterocycles. The highest BCUT2D eigenvalue weighted by molar-refractivity contribution is 9.11. The van der Waals surface area contributed by atoms with Crippen LogP contribution in [0.1, 0.15) is 29.8 Å². The van der Waals surface area contributed by atoms with E-state index < -0.39 is 0 Å². The Morgan fingerprint density at radius 3 is 2.57 bits per heavy atom. The van der Waals surface area contributed by atoms with Gasteiger partial charge < -0.3 is 14.8 Å². The maximum absolute atomic E-state index is 12.0. The predicted molar refractivity (Wildman–Crippen MR) is 96.8 cm³/mol. The summed E-state index contributed by atoms with van der Waals surface area (Å²) in [5.74, 6) is 1.45. The first-order valence-electron chi connectivity index (χ1n) is 7.54. The van der Waals surface area contributed by atoms with Gasteiger partial charge in [-0.25, -0.2) is 0 Å². The Labute approximate surface area is 148 Å². The molecule has 0 unspecified atom stereocenters. The van der Waals surface area contributed by atoms with E-state index in [9.17, 15) is 4.79 Å². The third kappa shape index (κ3) is 5.25. The molecule has 1 amide bonds. The first-order valence-corrected chi connectivity index (χ1v) is 9.22. The van der Waals surface area contributed by atoms with Gasteiger partial charge in [0, 0.05) is 11.9 Å². The number of benzene rings is 1. The molecule has 6 heteroatoms. The summed E-state index contributed by atoms with van der Waals surface area (Å²) in [6.45, 7) is 5.66. The van der Waals surface area contributed by atoms with E-state index in [0.717, 1.165) is 27.3 Å². The molecule has 0 aliphatic rings. The van der Waals surface area contributed by atoms with Crippen LogP contribution in [0.4, 0.5) is 0 Å². The van der Waals surface area contributed by atoms with E-state index in [0.29, 0.717) is 25.3 Å². The minimum Gasteiger partial charge on any atom is -0.490 e. The summed E-state index contributed by atoms with van der Waals surface area (Å²) < 4.78 is 12.1. The maximum atomic E-state index is 12.0. The molecule has 1 N–H and O–H groups in total. The molecule has 124 valence electrons. The summed E-state index contributed by atoms with van der Waals surface area (Å²) in [5, 5.41) is 4.76. The van der Waals surface area contributed by atoms with Crippen LogP contribution in [0.3, 0.4) is 0 Å². The second kappa shape index (κ2) is 8.93. The molecule has 1 aromatic carbocycles. The van der Waals surface area contributed by atoms with Crippen LogP contribution in [0.5, 0.6) is 11.5 Å². The number of amides is 1. The maximum Gasteiger partial charge on any atom is 0.252 e. The summed E-state index contributed by atoms with van der Waals surface area (Å²) >= 11 is 4.86. The fourth-order valence-corrected chi connectivity index (χ4v) is 3.24. The zero-order valence-electron chi connectivity index (χ0n) is 13.2. The number of rotatable bonds is 8. The zero-order valence-corrected chi connectivity index (χ0v) is 15.6. The van der Waals surface area contributed by atoms with Crippen LogP contribution in [0.15, 0.2) is 33.4 Å². The summed E-state index contributed by atoms with van der Waals surface area (Å²) in [7, 11) is 0. The van der Waals surface area contributed by atoms with Crippen LogP contribution in [0.25, 0.3) is 0 Å². The lowest BCUT2D eigenvalue weighted by molar-refractivity contribution is 0.0954. The number of halogens is 1. The van der Waals surface area contributed by atoms with Crippen LogP contribution in [-0.2, 0) is 6.42 Å². The first-order chi connectivity index (χ1) is 11.1. The van der Waals surface area contributed by atoms with Crippen LogP contribution in [0.2, 0.25) is 0 Å². The molecular weight excluding hydrogens is 378 g/mol. The van der Waals surface area contributed by atoms with Crippen molar-refractivity contribution in [2.45, 2.75) is 20.3 Å². The van der Waals surface area contributed by atoms with Gasteiger partial charge in [0.15, 0.2) is 11.5 Å². The van der Waals surface area contributed by atoms with Gasteiger partial charge in [-0.05, 0) is 60.0 Å². The lowest BCUT2D eigenvalue weighted by Gasteiger charge is -2.12. The number of ether oxygens (including phenoxy) is 2. The van der Waals surface area contributed by atoms with Crippen molar-refractivity contribution in [2.24, 2.45) is 0 Å². The average Bonchev–Trinajstić information content (AvgIpc) is 2.97. The first kappa shape index (κ1) is 17.8. The largest absolute Gasteiger partial charge is 0.490 e. The Kier molecular flexibility index (Phi) is 6.92. The van der Waals surface area contributed by atoms with Gasteiger partial charge in [0.2, 0.25) is 0 Å². The number of carbonyl (C=O) groups is 1. The molecule has 0 radical (unpaired) electrons. The minimum atomic E-state index is -0.0529. The van der Waals surface area contributed by atoms with Gasteiger partial charge in [-0.1, -0.05) is 6.07 Å². The number of thiophene rings is 1. The third-order valence-corrected chi connectivity index (χ3v) is 4.64. The highest BCUT2D eigenvalue weighted by Crippen LogP contribution is 2.28. The Balaban J connectivity index is 1.92. The molecular formula is C17H20BrNO3S. The van der Waals surface area contributed by atoms with Crippen LogP contribution in [0, 0.1) is 0 Å². The van der Waals surface area contributed by atoms with E-state index in [1.54, 1.807) is 0 Å². The van der Waals surface area contributed by atoms with Gasteiger partial charge in [0.1, 0.15) is 0 Å². The lowest BCUT2D eigenvalue weighted by atomic mass is 10.1. The monoisotopic (exact) mass is 397 g/mol. The highest BCUT2D eigenvalue weighted by atomic mass is 79.9. The van der Waals surface area contributed by atoms with E-state index in [1.807, 2.05) is 43.5 Å². The fourth-order valence-electron chi connectivity index (χ4n) is 2.10. The quantitative estimate of drug-likeness (QED) is 0.722. The van der Waals surface area contributed by atoms with Gasteiger partial charge in [0.05, 0.1) is 22.6 Å². The summed E-state index contributed by atoms with van der Waals surface area (Å²) in [6, 6.07) is 7.72. The SMILES string of the molecule is CCOc1ccc(CCNC(=O)c2csc(Br)c2)cc1OCC. The number of carbonyl (C=O) groups excluding carboxylic acids is 1. The van der Waals surface area contributed by atoms with E-state index in [-0.39, 0.29) is 5.91 Å². The Hall–Kier alpha value is -1.53. The molecule has 2 rings (SSSR count). The van der Waals surface area contributed by atoms with Crippen molar-refractivity contribution in [3.05, 3.63) is 44.6 Å². The molecule has 0 aliphatic carbocycles. The molecule has 0 aliphatic heterocycles. The van der Waals surface area contributed by atoms with E-state index in [2.05, 4.69) is 21.2 Å². The zero-order chi connectivity index (χ0) is 16.7. The van der Waals surface area contributed by atoms with Crippen molar-refractivity contribution in [1.82, 2.24) is 5.32 Å². The molecule has 0 atom stereocenters.